The number of nitrogens with zero attached hydrogens (tertiary/aromatic N) is 2. The Kier molecular flexibility index (Phi) is 6.80. The molecule has 2 N–H and O–H groups in total. The molecule has 2 aliphatic rings. The molecule has 4 nitrogen and oxygen atoms in total. The zero-order valence-corrected chi connectivity index (χ0v) is 20.0. The van der Waals surface area contributed by atoms with E-state index in [2.05, 4.69) is 70.5 Å². The van der Waals surface area contributed by atoms with Gasteiger partial charge in [0.1, 0.15) is 0 Å². The predicted molar refractivity (Wildman–Crippen MR) is 138 cm³/mol. The second-order valence-electron chi connectivity index (χ2n) is 10.0. The van der Waals surface area contributed by atoms with Crippen molar-refractivity contribution in [3.8, 4) is 0 Å². The Hall–Kier alpha value is -2.95. The van der Waals surface area contributed by atoms with E-state index in [1.807, 2.05) is 31.2 Å². The van der Waals surface area contributed by atoms with E-state index < -0.39 is 0 Å². The molecule has 4 atom stereocenters. The van der Waals surface area contributed by atoms with Gasteiger partial charge < -0.3 is 15.5 Å². The number of amides is 1. The minimum atomic E-state index is -0.0845. The summed E-state index contributed by atoms with van der Waals surface area (Å²) in [7, 11) is 0. The standard InChI is InChI=1S/C30H35N3O/c1-22(31)25-13-8-14-26(17-25)30(34)33-20-28(24-11-6-3-7-12-24)18-29(33)21-32-16-15-27(19-32)23-9-4-2-5-10-23/h2-14,17,22,27-29H,15-16,18-21,31H2,1H3/t22?,27?,28-,29-/m0/s1. The maximum atomic E-state index is 13.7. The normalized spacial score (nSPS) is 23.8. The molecule has 1 amide bonds. The highest BCUT2D eigenvalue weighted by Gasteiger charge is 2.38. The summed E-state index contributed by atoms with van der Waals surface area (Å²) in [6.07, 6.45) is 2.19. The summed E-state index contributed by atoms with van der Waals surface area (Å²) in [5, 5.41) is 0. The van der Waals surface area contributed by atoms with Gasteiger partial charge in [-0.25, -0.2) is 0 Å². The number of hydrogen-bond acceptors (Lipinski definition) is 3. The number of carbonyl (C=O) groups excluding carboxylic acids is 1. The molecule has 2 aliphatic heterocycles. The average molecular weight is 454 g/mol. The molecular formula is C30H35N3O. The fraction of sp³-hybridized carbons (Fsp3) is 0.367. The van der Waals surface area contributed by atoms with Gasteiger partial charge in [0.15, 0.2) is 0 Å². The van der Waals surface area contributed by atoms with E-state index in [1.54, 1.807) is 0 Å². The van der Waals surface area contributed by atoms with Crippen LogP contribution in [0.1, 0.15) is 64.7 Å². The molecule has 2 saturated heterocycles. The highest BCUT2D eigenvalue weighted by molar-refractivity contribution is 5.95. The number of benzene rings is 3. The number of nitrogens with two attached hydrogens (primary N) is 1. The van der Waals surface area contributed by atoms with Crippen molar-refractivity contribution in [1.82, 2.24) is 9.80 Å². The van der Waals surface area contributed by atoms with Crippen LogP contribution in [0.25, 0.3) is 0 Å². The Morgan fingerprint density at radius 1 is 0.912 bits per heavy atom. The summed E-state index contributed by atoms with van der Waals surface area (Å²) in [4.78, 5) is 18.4. The summed E-state index contributed by atoms with van der Waals surface area (Å²) >= 11 is 0. The van der Waals surface area contributed by atoms with Crippen molar-refractivity contribution >= 4 is 5.91 Å². The van der Waals surface area contributed by atoms with Gasteiger partial charge in [-0.1, -0.05) is 72.8 Å². The second kappa shape index (κ2) is 10.1. The minimum Gasteiger partial charge on any atom is -0.334 e. The monoisotopic (exact) mass is 453 g/mol. The van der Waals surface area contributed by atoms with Gasteiger partial charge in [0, 0.05) is 43.2 Å². The Labute approximate surface area is 203 Å². The van der Waals surface area contributed by atoms with E-state index in [9.17, 15) is 4.79 Å². The van der Waals surface area contributed by atoms with Crippen LogP contribution >= 0.6 is 0 Å². The van der Waals surface area contributed by atoms with Crippen LogP contribution < -0.4 is 5.73 Å². The van der Waals surface area contributed by atoms with Crippen LogP contribution in [0.15, 0.2) is 84.9 Å². The zero-order chi connectivity index (χ0) is 23.5. The van der Waals surface area contributed by atoms with Gasteiger partial charge >= 0.3 is 0 Å². The third kappa shape index (κ3) is 4.94. The summed E-state index contributed by atoms with van der Waals surface area (Å²) in [6, 6.07) is 29.5. The fourth-order valence-electron chi connectivity index (χ4n) is 5.72. The van der Waals surface area contributed by atoms with E-state index in [4.69, 9.17) is 5.73 Å². The van der Waals surface area contributed by atoms with Crippen molar-refractivity contribution in [2.24, 2.45) is 5.73 Å². The number of carbonyl (C=O) groups is 1. The largest absolute Gasteiger partial charge is 0.334 e. The molecule has 5 rings (SSSR count). The molecule has 3 aromatic rings. The highest BCUT2D eigenvalue weighted by Crippen LogP contribution is 2.35. The van der Waals surface area contributed by atoms with Gasteiger partial charge in [-0.15, -0.1) is 0 Å². The summed E-state index contributed by atoms with van der Waals surface area (Å²) < 4.78 is 0. The summed E-state index contributed by atoms with van der Waals surface area (Å²) in [6.45, 7) is 5.83. The maximum absolute atomic E-state index is 13.7. The van der Waals surface area contributed by atoms with Crippen LogP contribution in [0.4, 0.5) is 0 Å². The van der Waals surface area contributed by atoms with Gasteiger partial charge in [0.25, 0.3) is 5.91 Å². The van der Waals surface area contributed by atoms with Crippen molar-refractivity contribution in [3.05, 3.63) is 107 Å². The first kappa shape index (κ1) is 22.8. The highest BCUT2D eigenvalue weighted by atomic mass is 16.2. The molecule has 0 radical (unpaired) electrons. The van der Waals surface area contributed by atoms with Crippen LogP contribution in [0.2, 0.25) is 0 Å². The molecule has 2 fully saturated rings. The molecule has 176 valence electrons. The molecule has 0 aliphatic carbocycles. The van der Waals surface area contributed by atoms with Gasteiger partial charge in [-0.05, 0) is 61.1 Å². The van der Waals surface area contributed by atoms with Gasteiger partial charge in [0.05, 0.1) is 0 Å². The Bertz CT molecular complexity index is 1100. The van der Waals surface area contributed by atoms with Gasteiger partial charge in [0.2, 0.25) is 0 Å². The topological polar surface area (TPSA) is 49.6 Å². The van der Waals surface area contributed by atoms with E-state index in [1.165, 1.54) is 17.5 Å². The number of hydrogen-bond donors (Lipinski definition) is 1. The first-order valence-electron chi connectivity index (χ1n) is 12.6. The number of likely N-dealkylation sites (tertiary alicyclic amines) is 2. The van der Waals surface area contributed by atoms with Crippen LogP contribution in [-0.4, -0.2) is 47.9 Å². The molecule has 0 saturated carbocycles. The fourth-order valence-corrected chi connectivity index (χ4v) is 5.72. The average Bonchev–Trinajstić information content (AvgIpc) is 3.52. The van der Waals surface area contributed by atoms with Crippen LogP contribution in [-0.2, 0) is 0 Å². The molecule has 0 aromatic heterocycles. The van der Waals surface area contributed by atoms with Crippen molar-refractivity contribution in [2.45, 2.75) is 43.7 Å². The van der Waals surface area contributed by atoms with Crippen LogP contribution in [0.3, 0.4) is 0 Å². The van der Waals surface area contributed by atoms with Gasteiger partial charge in [-0.3, -0.25) is 4.79 Å². The lowest BCUT2D eigenvalue weighted by Gasteiger charge is -2.29. The predicted octanol–water partition coefficient (Wildman–Crippen LogP) is 5.19. The Morgan fingerprint density at radius 2 is 1.59 bits per heavy atom. The van der Waals surface area contributed by atoms with Crippen LogP contribution in [0.5, 0.6) is 0 Å². The Morgan fingerprint density at radius 3 is 2.26 bits per heavy atom. The lowest BCUT2D eigenvalue weighted by molar-refractivity contribution is 0.0707. The third-order valence-electron chi connectivity index (χ3n) is 7.62. The summed E-state index contributed by atoms with van der Waals surface area (Å²) in [5.74, 6) is 1.09. The first-order valence-corrected chi connectivity index (χ1v) is 12.6. The zero-order valence-electron chi connectivity index (χ0n) is 20.0. The number of rotatable bonds is 6. The molecule has 34 heavy (non-hydrogen) atoms. The van der Waals surface area contributed by atoms with Crippen molar-refractivity contribution < 1.29 is 4.79 Å². The molecular weight excluding hydrogens is 418 g/mol. The Balaban J connectivity index is 1.35. The van der Waals surface area contributed by atoms with Crippen LogP contribution in [0, 0.1) is 0 Å². The van der Waals surface area contributed by atoms with Crippen molar-refractivity contribution in [3.63, 3.8) is 0 Å². The molecule has 0 bridgehead atoms. The van der Waals surface area contributed by atoms with Gasteiger partial charge in [-0.2, -0.15) is 0 Å². The SMILES string of the molecule is CC(N)c1cccc(C(=O)N2C[C@@H](c3ccccc3)C[C@H]2CN2CCC(c3ccccc3)C2)c1. The summed E-state index contributed by atoms with van der Waals surface area (Å²) in [5.41, 5.74) is 10.6. The molecule has 2 unspecified atom stereocenters. The minimum absolute atomic E-state index is 0.0845. The van der Waals surface area contributed by atoms with E-state index in [0.717, 1.165) is 43.7 Å². The lowest BCUT2D eigenvalue weighted by Crippen LogP contribution is -2.42. The molecule has 2 heterocycles. The third-order valence-corrected chi connectivity index (χ3v) is 7.62. The maximum Gasteiger partial charge on any atom is 0.254 e. The van der Waals surface area contributed by atoms with Crippen molar-refractivity contribution in [1.29, 1.82) is 0 Å². The molecule has 3 aromatic carbocycles. The second-order valence-corrected chi connectivity index (χ2v) is 10.0. The molecule has 4 heteroatoms. The lowest BCUT2D eigenvalue weighted by atomic mass is 9.96. The smallest absolute Gasteiger partial charge is 0.254 e. The quantitative estimate of drug-likeness (QED) is 0.558. The van der Waals surface area contributed by atoms with E-state index in [-0.39, 0.29) is 18.0 Å². The van der Waals surface area contributed by atoms with Crippen molar-refractivity contribution in [2.75, 3.05) is 26.2 Å². The molecule has 0 spiro atoms. The van der Waals surface area contributed by atoms with E-state index >= 15 is 0 Å². The van der Waals surface area contributed by atoms with E-state index in [0.29, 0.717) is 11.8 Å². The first-order chi connectivity index (χ1) is 16.6.